The molecule has 1 aromatic rings. The number of rotatable bonds is 8. The van der Waals surface area contributed by atoms with Gasteiger partial charge in [0, 0.05) is 5.69 Å². The summed E-state index contributed by atoms with van der Waals surface area (Å²) >= 11 is 1.58. The van der Waals surface area contributed by atoms with E-state index in [1.165, 1.54) is 0 Å². The van der Waals surface area contributed by atoms with E-state index in [0.29, 0.717) is 17.9 Å². The van der Waals surface area contributed by atoms with Crippen LogP contribution < -0.4 is 10.0 Å². The Bertz CT molecular complexity index is 573. The van der Waals surface area contributed by atoms with E-state index >= 15 is 0 Å². The number of sulfonamides is 1. The summed E-state index contributed by atoms with van der Waals surface area (Å²) in [6, 6.07) is 6.66. The highest BCUT2D eigenvalue weighted by Gasteiger charge is 2.23. The Kier molecular flexibility index (Phi) is 7.21. The van der Waals surface area contributed by atoms with Crippen LogP contribution in [0.2, 0.25) is 0 Å². The Hall–Kier alpha value is -1.05. The maximum atomic E-state index is 12.3. The minimum absolute atomic E-state index is 0.0413. The molecule has 1 atom stereocenters. The average Bonchev–Trinajstić information content (AvgIpc) is 2.45. The summed E-state index contributed by atoms with van der Waals surface area (Å²) in [5, 5.41) is 2.79. The van der Waals surface area contributed by atoms with E-state index in [0.717, 1.165) is 5.56 Å². The van der Waals surface area contributed by atoms with Gasteiger partial charge in [-0.05, 0) is 43.9 Å². The number of para-hydroxylation sites is 1. The fourth-order valence-corrected chi connectivity index (χ4v) is 3.01. The summed E-state index contributed by atoms with van der Waals surface area (Å²) in [6.45, 7) is 3.44. The van der Waals surface area contributed by atoms with Crippen molar-refractivity contribution in [2.75, 3.05) is 23.1 Å². The molecule has 0 aliphatic heterocycles. The number of hydrogen-bond donors (Lipinski definition) is 2. The third kappa shape index (κ3) is 6.07. The predicted molar refractivity (Wildman–Crippen MR) is 89.2 cm³/mol. The molecule has 0 unspecified atom stereocenters. The highest BCUT2D eigenvalue weighted by Crippen LogP contribution is 2.14. The largest absolute Gasteiger partial charge is 0.324 e. The Balaban J connectivity index is 2.82. The molecule has 0 aliphatic rings. The first kappa shape index (κ1) is 18.0. The predicted octanol–water partition coefficient (Wildman–Crippen LogP) is 1.99. The van der Waals surface area contributed by atoms with Gasteiger partial charge in [-0.15, -0.1) is 0 Å². The molecule has 0 spiro atoms. The van der Waals surface area contributed by atoms with Crippen LogP contribution in [0.1, 0.15) is 18.9 Å². The molecule has 0 fully saturated rings. The van der Waals surface area contributed by atoms with E-state index in [1.54, 1.807) is 24.8 Å². The fraction of sp³-hybridized carbons (Fsp3) is 0.500. The summed E-state index contributed by atoms with van der Waals surface area (Å²) < 4.78 is 25.9. The van der Waals surface area contributed by atoms with E-state index in [2.05, 4.69) is 10.0 Å². The summed E-state index contributed by atoms with van der Waals surface area (Å²) in [4.78, 5) is 12.3. The Morgan fingerprint density at radius 2 is 2.00 bits per heavy atom. The zero-order chi connectivity index (χ0) is 15.9. The van der Waals surface area contributed by atoms with Crippen molar-refractivity contribution in [3.8, 4) is 0 Å². The van der Waals surface area contributed by atoms with Crippen molar-refractivity contribution < 1.29 is 13.2 Å². The van der Waals surface area contributed by atoms with Crippen LogP contribution in [0.15, 0.2) is 24.3 Å². The van der Waals surface area contributed by atoms with Gasteiger partial charge < -0.3 is 5.32 Å². The number of nitrogens with one attached hydrogen (secondary N) is 2. The third-order valence-corrected chi connectivity index (χ3v) is 5.08. The molecule has 0 aliphatic carbocycles. The third-order valence-electron chi connectivity index (χ3n) is 3.03. The summed E-state index contributed by atoms with van der Waals surface area (Å²) in [7, 11) is -3.42. The van der Waals surface area contributed by atoms with Crippen molar-refractivity contribution in [1.29, 1.82) is 0 Å². The first-order chi connectivity index (χ1) is 9.89. The highest BCUT2D eigenvalue weighted by molar-refractivity contribution is 7.98. The lowest BCUT2D eigenvalue weighted by Crippen LogP contribution is -2.44. The van der Waals surface area contributed by atoms with Crippen molar-refractivity contribution in [3.63, 3.8) is 0 Å². The number of thioether (sulfide) groups is 1. The molecule has 0 saturated heterocycles. The number of hydrogen-bond acceptors (Lipinski definition) is 4. The van der Waals surface area contributed by atoms with Gasteiger partial charge in [-0.2, -0.15) is 11.8 Å². The zero-order valence-corrected chi connectivity index (χ0v) is 14.2. The fourth-order valence-electron chi connectivity index (χ4n) is 1.71. The number of benzene rings is 1. The van der Waals surface area contributed by atoms with Gasteiger partial charge in [0.1, 0.15) is 6.04 Å². The summed E-state index contributed by atoms with van der Waals surface area (Å²) in [5.74, 6) is 0.341. The molecule has 0 aromatic heterocycles. The highest BCUT2D eigenvalue weighted by atomic mass is 32.2. The van der Waals surface area contributed by atoms with Crippen molar-refractivity contribution in [2.45, 2.75) is 26.3 Å². The van der Waals surface area contributed by atoms with Crippen molar-refractivity contribution in [1.82, 2.24) is 4.72 Å². The number of carbonyl (C=O) groups is 1. The molecule has 0 saturated carbocycles. The van der Waals surface area contributed by atoms with Crippen LogP contribution >= 0.6 is 11.8 Å². The topological polar surface area (TPSA) is 75.3 Å². The standard InChI is InChI=1S/C14H22N2O3S2/c1-4-21(18,19)16-13(9-10-20-3)14(17)15-12-8-6-5-7-11(12)2/h5-8,13,16H,4,9-10H2,1-3H3,(H,15,17)/t13-/m0/s1. The molecule has 0 heterocycles. The Labute approximate surface area is 130 Å². The monoisotopic (exact) mass is 330 g/mol. The molecule has 7 heteroatoms. The second-order valence-corrected chi connectivity index (χ2v) is 7.69. The molecule has 2 N–H and O–H groups in total. The van der Waals surface area contributed by atoms with Gasteiger partial charge in [-0.1, -0.05) is 18.2 Å². The van der Waals surface area contributed by atoms with Crippen LogP contribution in [0.25, 0.3) is 0 Å². The molecule has 21 heavy (non-hydrogen) atoms. The molecule has 1 amide bonds. The molecule has 5 nitrogen and oxygen atoms in total. The number of aryl methyl sites for hydroxylation is 1. The lowest BCUT2D eigenvalue weighted by Gasteiger charge is -2.18. The van der Waals surface area contributed by atoms with Crippen LogP contribution in [0, 0.1) is 6.92 Å². The van der Waals surface area contributed by atoms with Crippen LogP contribution in [-0.4, -0.2) is 38.1 Å². The van der Waals surface area contributed by atoms with Crippen molar-refractivity contribution >= 4 is 33.4 Å². The van der Waals surface area contributed by atoms with Crippen LogP contribution in [0.3, 0.4) is 0 Å². The molecule has 1 aromatic carbocycles. The summed E-state index contributed by atoms with van der Waals surface area (Å²) in [6.07, 6.45) is 2.38. The van der Waals surface area contributed by atoms with Gasteiger partial charge >= 0.3 is 0 Å². The van der Waals surface area contributed by atoms with E-state index in [9.17, 15) is 13.2 Å². The van der Waals surface area contributed by atoms with Gasteiger partial charge in [0.2, 0.25) is 15.9 Å². The minimum atomic E-state index is -3.42. The number of carbonyl (C=O) groups excluding carboxylic acids is 1. The molecular weight excluding hydrogens is 308 g/mol. The Morgan fingerprint density at radius 3 is 2.57 bits per heavy atom. The van der Waals surface area contributed by atoms with Gasteiger partial charge in [-0.3, -0.25) is 4.79 Å². The molecule has 118 valence electrons. The van der Waals surface area contributed by atoms with Crippen LogP contribution in [0.5, 0.6) is 0 Å². The lowest BCUT2D eigenvalue weighted by atomic mass is 10.1. The van der Waals surface area contributed by atoms with Crippen LogP contribution in [-0.2, 0) is 14.8 Å². The van der Waals surface area contributed by atoms with Crippen molar-refractivity contribution in [2.24, 2.45) is 0 Å². The Morgan fingerprint density at radius 1 is 1.33 bits per heavy atom. The maximum absolute atomic E-state index is 12.3. The van der Waals surface area contributed by atoms with Crippen LogP contribution in [0.4, 0.5) is 5.69 Å². The molecule has 1 rings (SSSR count). The SMILES string of the molecule is CCS(=O)(=O)N[C@@H](CCSC)C(=O)Nc1ccccc1C. The van der Waals surface area contributed by atoms with E-state index in [1.807, 2.05) is 31.4 Å². The van der Waals surface area contributed by atoms with Gasteiger partial charge in [-0.25, -0.2) is 13.1 Å². The molecular formula is C14H22N2O3S2. The molecule has 0 bridgehead atoms. The van der Waals surface area contributed by atoms with E-state index in [-0.39, 0.29) is 11.7 Å². The van der Waals surface area contributed by atoms with Gasteiger partial charge in [0.05, 0.1) is 5.75 Å². The van der Waals surface area contributed by atoms with Crippen molar-refractivity contribution in [3.05, 3.63) is 29.8 Å². The second kappa shape index (κ2) is 8.41. The average molecular weight is 330 g/mol. The smallest absolute Gasteiger partial charge is 0.242 e. The maximum Gasteiger partial charge on any atom is 0.242 e. The van der Waals surface area contributed by atoms with Gasteiger partial charge in [0.25, 0.3) is 0 Å². The van der Waals surface area contributed by atoms with Gasteiger partial charge in [0.15, 0.2) is 0 Å². The summed E-state index contributed by atoms with van der Waals surface area (Å²) in [5.41, 5.74) is 1.64. The normalized spacial score (nSPS) is 12.9. The first-order valence-corrected chi connectivity index (χ1v) is 9.79. The quantitative estimate of drug-likeness (QED) is 0.764. The molecule has 0 radical (unpaired) electrons. The lowest BCUT2D eigenvalue weighted by molar-refractivity contribution is -0.117. The van der Waals surface area contributed by atoms with E-state index < -0.39 is 16.1 Å². The number of anilines is 1. The minimum Gasteiger partial charge on any atom is -0.324 e. The number of amides is 1. The van der Waals surface area contributed by atoms with E-state index in [4.69, 9.17) is 0 Å². The zero-order valence-electron chi connectivity index (χ0n) is 12.5. The first-order valence-electron chi connectivity index (χ1n) is 6.75. The second-order valence-electron chi connectivity index (χ2n) is 4.66.